The molecule has 0 unspecified atom stereocenters. The van der Waals surface area contributed by atoms with E-state index < -0.39 is 5.60 Å². The fourth-order valence-electron chi connectivity index (χ4n) is 5.04. The molecule has 0 N–H and O–H groups in total. The molecular weight excluding hydrogens is 574 g/mol. The molecule has 1 heterocycles. The Hall–Kier alpha value is -4.32. The van der Waals surface area contributed by atoms with Gasteiger partial charge in [0, 0.05) is 18.1 Å². The normalized spacial score (nSPS) is 11.2. The molecule has 0 spiro atoms. The summed E-state index contributed by atoms with van der Waals surface area (Å²) in [5, 5.41) is 0. The van der Waals surface area contributed by atoms with E-state index in [1.165, 1.54) is 25.7 Å². The van der Waals surface area contributed by atoms with Crippen molar-refractivity contribution in [2.24, 2.45) is 0 Å². The van der Waals surface area contributed by atoms with Crippen LogP contribution >= 0.6 is 0 Å². The minimum Gasteiger partial charge on any atom is -0.494 e. The minimum atomic E-state index is -0.392. The second kappa shape index (κ2) is 18.6. The van der Waals surface area contributed by atoms with Crippen molar-refractivity contribution < 1.29 is 23.7 Å². The minimum absolute atomic E-state index is 0.0873. The van der Waals surface area contributed by atoms with Crippen molar-refractivity contribution in [2.45, 2.75) is 97.4 Å². The average molecular weight is 624 g/mol. The van der Waals surface area contributed by atoms with Crippen molar-refractivity contribution in [3.8, 4) is 28.6 Å². The first-order valence-electron chi connectivity index (χ1n) is 16.7. The zero-order chi connectivity index (χ0) is 32.5. The van der Waals surface area contributed by atoms with Gasteiger partial charge in [-0.2, -0.15) is 4.98 Å². The number of benzene rings is 3. The van der Waals surface area contributed by atoms with Crippen molar-refractivity contribution in [1.82, 2.24) is 4.98 Å². The molecule has 4 aromatic rings. The van der Waals surface area contributed by atoms with Crippen LogP contribution in [0.4, 0.5) is 0 Å². The van der Waals surface area contributed by atoms with Gasteiger partial charge in [0.2, 0.25) is 11.8 Å². The zero-order valence-electron chi connectivity index (χ0n) is 27.7. The van der Waals surface area contributed by atoms with Crippen LogP contribution in [0.15, 0.2) is 97.1 Å². The lowest BCUT2D eigenvalue weighted by Crippen LogP contribution is -2.23. The topological polar surface area (TPSA) is 66.9 Å². The molecule has 0 saturated heterocycles. The van der Waals surface area contributed by atoms with Gasteiger partial charge in [0.1, 0.15) is 24.6 Å². The van der Waals surface area contributed by atoms with Crippen LogP contribution in [0.25, 0.3) is 11.1 Å². The summed E-state index contributed by atoms with van der Waals surface area (Å²) in [5.74, 6) is 1.83. The van der Waals surface area contributed by atoms with Crippen molar-refractivity contribution >= 4 is 5.97 Å². The predicted molar refractivity (Wildman–Crippen MR) is 184 cm³/mol. The second-order valence-electron chi connectivity index (χ2n) is 12.6. The van der Waals surface area contributed by atoms with Crippen LogP contribution in [-0.2, 0) is 22.7 Å². The highest BCUT2D eigenvalue weighted by atomic mass is 16.6. The Labute approximate surface area is 275 Å². The van der Waals surface area contributed by atoms with Gasteiger partial charge < -0.3 is 18.9 Å². The number of esters is 1. The molecule has 0 amide bonds. The highest BCUT2D eigenvalue weighted by Crippen LogP contribution is 2.32. The Morgan fingerprint density at radius 1 is 0.609 bits per heavy atom. The maximum Gasteiger partial charge on any atom is 0.306 e. The molecule has 0 aliphatic heterocycles. The van der Waals surface area contributed by atoms with E-state index in [4.69, 9.17) is 23.9 Å². The highest BCUT2D eigenvalue weighted by Gasteiger charge is 2.15. The standard InChI is InChI=1S/C40H49NO5/c1-40(2,3)46-38(42)22-16-8-6-4-5-7-9-17-29-43-35-25-23-34(24-26-35)36-27-28-37(44-30-32-18-12-10-13-19-32)41-39(36)45-31-33-20-14-11-15-21-33/h10-15,18-21,23-28H,4-9,16-17,22,29-31H2,1-3H3. The van der Waals surface area contributed by atoms with Crippen LogP contribution in [-0.4, -0.2) is 23.2 Å². The Morgan fingerprint density at radius 3 is 1.78 bits per heavy atom. The number of hydrogen-bond acceptors (Lipinski definition) is 6. The first kappa shape index (κ1) is 34.6. The van der Waals surface area contributed by atoms with Crippen LogP contribution in [0.5, 0.6) is 17.5 Å². The Bertz CT molecular complexity index is 1430. The van der Waals surface area contributed by atoms with Gasteiger partial charge in [-0.15, -0.1) is 0 Å². The number of ether oxygens (including phenoxy) is 4. The largest absolute Gasteiger partial charge is 0.494 e. The molecule has 0 atom stereocenters. The van der Waals surface area contributed by atoms with E-state index in [2.05, 4.69) is 12.1 Å². The molecule has 6 heteroatoms. The van der Waals surface area contributed by atoms with E-state index in [-0.39, 0.29) is 5.97 Å². The third kappa shape index (κ3) is 13.0. The lowest BCUT2D eigenvalue weighted by molar-refractivity contribution is -0.154. The first-order chi connectivity index (χ1) is 22.4. The molecule has 0 fully saturated rings. The van der Waals surface area contributed by atoms with Crippen molar-refractivity contribution in [3.63, 3.8) is 0 Å². The number of nitrogens with zero attached hydrogens (tertiary/aromatic N) is 1. The molecule has 1 aromatic heterocycles. The molecule has 0 bridgehead atoms. The maximum atomic E-state index is 11.8. The van der Waals surface area contributed by atoms with Crippen molar-refractivity contribution in [2.75, 3.05) is 6.61 Å². The van der Waals surface area contributed by atoms with Gasteiger partial charge in [-0.25, -0.2) is 0 Å². The molecule has 0 radical (unpaired) electrons. The summed E-state index contributed by atoms with van der Waals surface area (Å²) < 4.78 is 23.6. The quantitative estimate of drug-likeness (QED) is 0.0765. The molecule has 3 aromatic carbocycles. The number of carbonyl (C=O) groups is 1. The third-order valence-electron chi connectivity index (χ3n) is 7.41. The van der Waals surface area contributed by atoms with Gasteiger partial charge in [-0.05, 0) is 68.5 Å². The Balaban J connectivity index is 1.19. The lowest BCUT2D eigenvalue weighted by atomic mass is 10.1. The molecule has 4 rings (SSSR count). The Kier molecular flexibility index (Phi) is 14.0. The lowest BCUT2D eigenvalue weighted by Gasteiger charge is -2.19. The van der Waals surface area contributed by atoms with E-state index in [9.17, 15) is 4.79 Å². The van der Waals surface area contributed by atoms with Crippen molar-refractivity contribution in [3.05, 3.63) is 108 Å². The second-order valence-corrected chi connectivity index (χ2v) is 12.6. The summed E-state index contributed by atoms with van der Waals surface area (Å²) in [4.78, 5) is 16.5. The first-order valence-corrected chi connectivity index (χ1v) is 16.7. The summed E-state index contributed by atoms with van der Waals surface area (Å²) >= 11 is 0. The van der Waals surface area contributed by atoms with E-state index in [1.54, 1.807) is 0 Å². The van der Waals surface area contributed by atoms with Gasteiger partial charge in [-0.3, -0.25) is 4.79 Å². The molecule has 0 aliphatic carbocycles. The summed E-state index contributed by atoms with van der Waals surface area (Å²) in [6.45, 7) is 7.29. The molecule has 244 valence electrons. The van der Waals surface area contributed by atoms with Crippen molar-refractivity contribution in [1.29, 1.82) is 0 Å². The molecule has 46 heavy (non-hydrogen) atoms. The van der Waals surface area contributed by atoms with Crippen LogP contribution in [0.1, 0.15) is 89.7 Å². The summed E-state index contributed by atoms with van der Waals surface area (Å²) in [6.07, 6.45) is 9.51. The van der Waals surface area contributed by atoms with E-state index in [0.717, 1.165) is 53.7 Å². The van der Waals surface area contributed by atoms with Gasteiger partial charge in [0.15, 0.2) is 0 Å². The third-order valence-corrected chi connectivity index (χ3v) is 7.41. The number of aromatic nitrogens is 1. The fraction of sp³-hybridized carbons (Fsp3) is 0.400. The SMILES string of the molecule is CC(C)(C)OC(=O)CCCCCCCCCCOc1ccc(-c2ccc(OCc3ccccc3)nc2OCc2ccccc2)cc1. The molecule has 0 saturated carbocycles. The molecule has 6 nitrogen and oxygen atoms in total. The van der Waals surface area contributed by atoms with E-state index in [1.807, 2.05) is 106 Å². The Morgan fingerprint density at radius 2 is 1.17 bits per heavy atom. The number of unbranched alkanes of at least 4 members (excludes halogenated alkanes) is 7. The summed E-state index contributed by atoms with van der Waals surface area (Å²) in [6, 6.07) is 32.2. The number of rotatable bonds is 19. The summed E-state index contributed by atoms with van der Waals surface area (Å²) in [5.41, 5.74) is 3.67. The van der Waals surface area contributed by atoms with Gasteiger partial charge in [0.25, 0.3) is 0 Å². The number of pyridine rings is 1. The molecular formula is C40H49NO5. The predicted octanol–water partition coefficient (Wildman–Crippen LogP) is 10.1. The van der Waals surface area contributed by atoms with Crippen LogP contribution in [0.3, 0.4) is 0 Å². The monoisotopic (exact) mass is 623 g/mol. The van der Waals surface area contributed by atoms with E-state index >= 15 is 0 Å². The average Bonchev–Trinajstić information content (AvgIpc) is 3.06. The van der Waals surface area contributed by atoms with Gasteiger partial charge >= 0.3 is 5.97 Å². The zero-order valence-corrected chi connectivity index (χ0v) is 27.7. The maximum absolute atomic E-state index is 11.8. The highest BCUT2D eigenvalue weighted by molar-refractivity contribution is 5.70. The number of carbonyl (C=O) groups excluding carboxylic acids is 1. The van der Waals surface area contributed by atoms with Crippen LogP contribution in [0, 0.1) is 0 Å². The van der Waals surface area contributed by atoms with Crippen LogP contribution in [0.2, 0.25) is 0 Å². The van der Waals surface area contributed by atoms with E-state index in [0.29, 0.717) is 38.0 Å². The van der Waals surface area contributed by atoms with Gasteiger partial charge in [-0.1, -0.05) is 111 Å². The molecule has 0 aliphatic rings. The smallest absolute Gasteiger partial charge is 0.306 e. The fourth-order valence-corrected chi connectivity index (χ4v) is 5.04. The number of hydrogen-bond donors (Lipinski definition) is 0. The van der Waals surface area contributed by atoms with Crippen LogP contribution < -0.4 is 14.2 Å². The van der Waals surface area contributed by atoms with Gasteiger partial charge in [0.05, 0.1) is 6.61 Å². The summed E-state index contributed by atoms with van der Waals surface area (Å²) in [7, 11) is 0.